The molecular formula is C18H22N5S2+. The Morgan fingerprint density at radius 3 is 3.08 bits per heavy atom. The van der Waals surface area contributed by atoms with E-state index < -0.39 is 0 Å². The Hall–Kier alpha value is -1.83. The van der Waals surface area contributed by atoms with Gasteiger partial charge in [0.2, 0.25) is 4.77 Å². The summed E-state index contributed by atoms with van der Waals surface area (Å²) in [7, 11) is 0. The molecule has 1 aliphatic rings. The van der Waals surface area contributed by atoms with E-state index in [1.807, 2.05) is 33.6 Å². The lowest BCUT2D eigenvalue weighted by Gasteiger charge is -2.19. The van der Waals surface area contributed by atoms with Crippen molar-refractivity contribution >= 4 is 33.8 Å². The third-order valence-electron chi connectivity index (χ3n) is 4.86. The predicted octanol–water partition coefficient (Wildman–Crippen LogP) is 2.90. The van der Waals surface area contributed by atoms with Crippen molar-refractivity contribution in [3.63, 3.8) is 0 Å². The van der Waals surface area contributed by atoms with E-state index in [4.69, 9.17) is 17.2 Å². The number of hydrogen-bond donors (Lipinski definition) is 1. The molecule has 7 heteroatoms. The van der Waals surface area contributed by atoms with Crippen molar-refractivity contribution in [1.82, 2.24) is 19.3 Å². The number of nitrogens with one attached hydrogen (secondary N) is 1. The lowest BCUT2D eigenvalue weighted by atomic mass is 10.2. The first-order chi connectivity index (χ1) is 12.2. The van der Waals surface area contributed by atoms with Gasteiger partial charge in [-0.2, -0.15) is 9.78 Å². The van der Waals surface area contributed by atoms with Crippen molar-refractivity contribution < 1.29 is 4.90 Å². The number of quaternary nitrogens is 1. The van der Waals surface area contributed by atoms with Gasteiger partial charge in [0.1, 0.15) is 11.9 Å². The van der Waals surface area contributed by atoms with Crippen LogP contribution in [0.25, 0.3) is 10.2 Å². The van der Waals surface area contributed by atoms with Gasteiger partial charge in [0, 0.05) is 19.4 Å². The molecule has 2 atom stereocenters. The van der Waals surface area contributed by atoms with E-state index in [2.05, 4.69) is 35.9 Å². The van der Waals surface area contributed by atoms with Crippen molar-refractivity contribution in [2.45, 2.75) is 39.0 Å². The van der Waals surface area contributed by atoms with Crippen molar-refractivity contribution in [3.05, 3.63) is 52.5 Å². The van der Waals surface area contributed by atoms with Gasteiger partial charge in [0.15, 0.2) is 11.7 Å². The second-order valence-electron chi connectivity index (χ2n) is 6.51. The zero-order chi connectivity index (χ0) is 17.4. The topological polar surface area (TPSA) is 40.1 Å². The standard InChI is InChI=1S/C18H21N5S2/c1-3-10-22-13(2)20-23(18(22)24)12-21-11-6-8-15(21)17-19-14-7-4-5-9-16(14)25-17/h3-5,7,9,15H,1,6,8,10-12H2,2H3/p+1/t15-/m0/s1. The highest BCUT2D eigenvalue weighted by molar-refractivity contribution is 7.71. The fourth-order valence-corrected chi connectivity index (χ4v) is 5.09. The SMILES string of the molecule is C=CCn1c(C)nn(C[NH+]2CCC[C@H]2c2nc3ccccc3s2)c1=S. The van der Waals surface area contributed by atoms with Gasteiger partial charge in [0.25, 0.3) is 0 Å². The van der Waals surface area contributed by atoms with Crippen LogP contribution in [0, 0.1) is 11.7 Å². The molecule has 1 saturated heterocycles. The second-order valence-corrected chi connectivity index (χ2v) is 7.94. The third-order valence-corrected chi connectivity index (χ3v) is 6.45. The van der Waals surface area contributed by atoms with Gasteiger partial charge >= 0.3 is 0 Å². The average Bonchev–Trinajstić information content (AvgIpc) is 3.29. The molecule has 1 fully saturated rings. The first kappa shape index (κ1) is 16.6. The minimum atomic E-state index is 0.434. The maximum atomic E-state index is 5.61. The maximum absolute atomic E-state index is 5.61. The molecule has 1 aliphatic heterocycles. The summed E-state index contributed by atoms with van der Waals surface area (Å²) in [6.07, 6.45) is 4.26. The van der Waals surface area contributed by atoms with Crippen LogP contribution in [0.1, 0.15) is 29.7 Å². The minimum Gasteiger partial charge on any atom is -0.308 e. The van der Waals surface area contributed by atoms with Crippen LogP contribution in [0.2, 0.25) is 0 Å². The van der Waals surface area contributed by atoms with Crippen LogP contribution >= 0.6 is 23.6 Å². The van der Waals surface area contributed by atoms with Crippen molar-refractivity contribution in [3.8, 4) is 0 Å². The van der Waals surface area contributed by atoms with Crippen molar-refractivity contribution in [2.75, 3.05) is 6.54 Å². The highest BCUT2D eigenvalue weighted by Gasteiger charge is 2.33. The smallest absolute Gasteiger partial charge is 0.203 e. The molecule has 25 heavy (non-hydrogen) atoms. The molecule has 2 aromatic heterocycles. The van der Waals surface area contributed by atoms with E-state index in [0.29, 0.717) is 12.6 Å². The molecule has 5 nitrogen and oxygen atoms in total. The van der Waals surface area contributed by atoms with Crippen LogP contribution in [-0.4, -0.2) is 25.9 Å². The largest absolute Gasteiger partial charge is 0.308 e. The van der Waals surface area contributed by atoms with E-state index >= 15 is 0 Å². The van der Waals surface area contributed by atoms with Crippen LogP contribution in [0.3, 0.4) is 0 Å². The van der Waals surface area contributed by atoms with Crippen LogP contribution in [0.15, 0.2) is 36.9 Å². The van der Waals surface area contributed by atoms with E-state index in [1.165, 1.54) is 27.4 Å². The molecule has 130 valence electrons. The average molecular weight is 373 g/mol. The molecule has 0 spiro atoms. The van der Waals surface area contributed by atoms with Crippen LogP contribution in [0.4, 0.5) is 0 Å². The Bertz CT molecular complexity index is 934. The fraction of sp³-hybridized carbons (Fsp3) is 0.389. The normalized spacial score (nSPS) is 20.4. The molecule has 0 amide bonds. The quantitative estimate of drug-likeness (QED) is 0.553. The summed E-state index contributed by atoms with van der Waals surface area (Å²) in [5, 5.41) is 5.89. The summed E-state index contributed by atoms with van der Waals surface area (Å²) in [6.45, 7) is 8.45. The van der Waals surface area contributed by atoms with Gasteiger partial charge in [-0.15, -0.1) is 17.9 Å². The highest BCUT2D eigenvalue weighted by Crippen LogP contribution is 2.28. The Morgan fingerprint density at radius 2 is 2.28 bits per heavy atom. The first-order valence-corrected chi connectivity index (χ1v) is 9.85. The summed E-state index contributed by atoms with van der Waals surface area (Å²) in [5.41, 5.74) is 1.11. The number of rotatable bonds is 5. The summed E-state index contributed by atoms with van der Waals surface area (Å²) in [6, 6.07) is 8.82. The number of thiazole rings is 1. The lowest BCUT2D eigenvalue weighted by molar-refractivity contribution is -0.941. The van der Waals surface area contributed by atoms with E-state index in [1.54, 1.807) is 0 Å². The third kappa shape index (κ3) is 3.07. The molecule has 0 saturated carbocycles. The lowest BCUT2D eigenvalue weighted by Crippen LogP contribution is -3.09. The second kappa shape index (κ2) is 6.82. The Morgan fingerprint density at radius 1 is 1.44 bits per heavy atom. The van der Waals surface area contributed by atoms with Crippen LogP contribution < -0.4 is 4.90 Å². The van der Waals surface area contributed by atoms with Gasteiger partial charge in [-0.3, -0.25) is 0 Å². The number of hydrogen-bond acceptors (Lipinski definition) is 4. The number of nitrogens with zero attached hydrogens (tertiary/aromatic N) is 4. The van der Waals surface area contributed by atoms with E-state index in [-0.39, 0.29) is 0 Å². The zero-order valence-corrected chi connectivity index (χ0v) is 15.9. The molecule has 1 unspecified atom stereocenters. The van der Waals surface area contributed by atoms with Crippen LogP contribution in [0.5, 0.6) is 0 Å². The number of allylic oxidation sites excluding steroid dienone is 1. The van der Waals surface area contributed by atoms with Gasteiger partial charge in [0.05, 0.1) is 16.8 Å². The Labute approximate surface area is 156 Å². The highest BCUT2D eigenvalue weighted by atomic mass is 32.1. The van der Waals surface area contributed by atoms with Gasteiger partial charge < -0.3 is 9.47 Å². The number of likely N-dealkylation sites (tertiary alicyclic amines) is 1. The van der Waals surface area contributed by atoms with Crippen molar-refractivity contribution in [2.24, 2.45) is 0 Å². The van der Waals surface area contributed by atoms with E-state index in [0.717, 1.165) is 29.3 Å². The number of aryl methyl sites for hydroxylation is 1. The maximum Gasteiger partial charge on any atom is 0.203 e. The summed E-state index contributed by atoms with van der Waals surface area (Å²) >= 11 is 7.43. The molecule has 3 heterocycles. The molecular weight excluding hydrogens is 350 g/mol. The fourth-order valence-electron chi connectivity index (χ4n) is 3.62. The number of aromatic nitrogens is 4. The van der Waals surface area contributed by atoms with Gasteiger partial charge in [-0.25, -0.2) is 4.98 Å². The zero-order valence-electron chi connectivity index (χ0n) is 14.3. The monoisotopic (exact) mass is 372 g/mol. The Kier molecular flexibility index (Phi) is 4.54. The summed E-state index contributed by atoms with van der Waals surface area (Å²) in [4.78, 5) is 6.38. The molecule has 3 aromatic rings. The number of fused-ring (bicyclic) bond motifs is 1. The summed E-state index contributed by atoms with van der Waals surface area (Å²) in [5.74, 6) is 0.944. The molecule has 0 bridgehead atoms. The molecule has 1 N–H and O–H groups in total. The summed E-state index contributed by atoms with van der Waals surface area (Å²) < 4.78 is 6.05. The molecule has 1 aromatic carbocycles. The van der Waals surface area contributed by atoms with Crippen molar-refractivity contribution in [1.29, 1.82) is 0 Å². The number of para-hydroxylation sites is 1. The molecule has 0 radical (unpaired) electrons. The minimum absolute atomic E-state index is 0.434. The molecule has 0 aliphatic carbocycles. The van der Waals surface area contributed by atoms with E-state index in [9.17, 15) is 0 Å². The van der Waals surface area contributed by atoms with Gasteiger partial charge in [-0.1, -0.05) is 18.2 Å². The first-order valence-electron chi connectivity index (χ1n) is 8.62. The Balaban J connectivity index is 1.61. The van der Waals surface area contributed by atoms with Crippen LogP contribution in [-0.2, 0) is 13.2 Å². The number of benzene rings is 1. The molecule has 4 rings (SSSR count). The van der Waals surface area contributed by atoms with Gasteiger partial charge in [-0.05, 0) is 31.3 Å². The predicted molar refractivity (Wildman–Crippen MR) is 103 cm³/mol.